The molecule has 0 aliphatic heterocycles. The first-order valence-electron chi connectivity index (χ1n) is 4.60. The van der Waals surface area contributed by atoms with Crippen LogP contribution < -0.4 is 4.72 Å². The van der Waals surface area contributed by atoms with Crippen LogP contribution in [0.2, 0.25) is 0 Å². The van der Waals surface area contributed by atoms with E-state index in [-0.39, 0.29) is 16.6 Å². The van der Waals surface area contributed by atoms with E-state index in [2.05, 4.69) is 4.72 Å². The fraction of sp³-hybridized carbons (Fsp3) is 0.333. The number of hydrogen-bond acceptors (Lipinski definition) is 4. The summed E-state index contributed by atoms with van der Waals surface area (Å²) < 4.78 is 25.7. The Labute approximate surface area is 93.5 Å². The van der Waals surface area contributed by atoms with Crippen molar-refractivity contribution in [3.63, 3.8) is 0 Å². The van der Waals surface area contributed by atoms with Crippen LogP contribution in [0.1, 0.15) is 13.8 Å². The lowest BCUT2D eigenvalue weighted by Crippen LogP contribution is -2.30. The molecule has 1 aromatic carbocycles. The van der Waals surface area contributed by atoms with Crippen molar-refractivity contribution in [1.82, 2.24) is 4.72 Å². The summed E-state index contributed by atoms with van der Waals surface area (Å²) in [6.45, 7) is 3.35. The van der Waals surface area contributed by atoms with Crippen molar-refractivity contribution in [2.24, 2.45) is 0 Å². The summed E-state index contributed by atoms with van der Waals surface area (Å²) in [5.74, 6) is 0. The van der Waals surface area contributed by atoms with E-state index in [1.165, 1.54) is 18.2 Å². The summed E-state index contributed by atoms with van der Waals surface area (Å²) in [5.41, 5.74) is -0.244. The molecule has 1 N–H and O–H groups in total. The molecule has 0 atom stereocenters. The minimum atomic E-state index is -3.67. The van der Waals surface area contributed by atoms with Gasteiger partial charge in [-0.25, -0.2) is 13.1 Å². The molecule has 0 radical (unpaired) electrons. The number of nitro groups is 1. The van der Waals surface area contributed by atoms with E-state index in [1.807, 2.05) is 0 Å². The molecule has 1 rings (SSSR count). The molecule has 0 aliphatic carbocycles. The van der Waals surface area contributed by atoms with E-state index in [4.69, 9.17) is 0 Å². The van der Waals surface area contributed by atoms with Gasteiger partial charge in [0.1, 0.15) is 0 Å². The molecule has 0 aromatic heterocycles. The van der Waals surface area contributed by atoms with Gasteiger partial charge < -0.3 is 0 Å². The largest absolute Gasteiger partial charge is 0.270 e. The Morgan fingerprint density at radius 1 is 1.38 bits per heavy atom. The predicted molar refractivity (Wildman–Crippen MR) is 58.6 cm³/mol. The smallest absolute Gasteiger partial charge is 0.258 e. The van der Waals surface area contributed by atoms with Gasteiger partial charge in [-0.2, -0.15) is 0 Å². The predicted octanol–water partition coefficient (Wildman–Crippen LogP) is 1.28. The maximum atomic E-state index is 11.7. The standard InChI is InChI=1S/C9H12N2O4S/c1-7(2)10-16(14,15)9-5-3-4-8(6-9)11(12)13/h3-7,10H,1-2H3. The fourth-order valence-electron chi connectivity index (χ4n) is 1.14. The number of nitrogens with one attached hydrogen (secondary N) is 1. The third-order valence-electron chi connectivity index (χ3n) is 1.73. The lowest BCUT2D eigenvalue weighted by molar-refractivity contribution is -0.385. The van der Waals surface area contributed by atoms with Crippen molar-refractivity contribution in [2.75, 3.05) is 0 Å². The lowest BCUT2D eigenvalue weighted by atomic mass is 10.3. The number of nitro benzene ring substituents is 1. The molecule has 0 saturated carbocycles. The Kier molecular flexibility index (Phi) is 3.61. The summed E-state index contributed by atoms with van der Waals surface area (Å²) in [6, 6.07) is 4.67. The van der Waals surface area contributed by atoms with Crippen LogP contribution in [0.3, 0.4) is 0 Å². The minimum absolute atomic E-state index is 0.101. The highest BCUT2D eigenvalue weighted by atomic mass is 32.2. The summed E-state index contributed by atoms with van der Waals surface area (Å²) in [7, 11) is -3.67. The number of nitrogens with zero attached hydrogens (tertiary/aromatic N) is 1. The lowest BCUT2D eigenvalue weighted by Gasteiger charge is -2.08. The molecule has 0 saturated heterocycles. The van der Waals surface area contributed by atoms with E-state index >= 15 is 0 Å². The molecule has 0 amide bonds. The summed E-state index contributed by atoms with van der Waals surface area (Å²) in [4.78, 5) is 9.76. The average molecular weight is 244 g/mol. The minimum Gasteiger partial charge on any atom is -0.258 e. The molecule has 88 valence electrons. The van der Waals surface area contributed by atoms with Crippen molar-refractivity contribution in [2.45, 2.75) is 24.8 Å². The summed E-state index contributed by atoms with van der Waals surface area (Å²) in [6.07, 6.45) is 0. The Balaban J connectivity index is 3.14. The SMILES string of the molecule is CC(C)NS(=O)(=O)c1cccc([N+](=O)[O-])c1. The first-order valence-corrected chi connectivity index (χ1v) is 6.08. The second-order valence-electron chi connectivity index (χ2n) is 3.53. The van der Waals surface area contributed by atoms with Gasteiger partial charge in [-0.15, -0.1) is 0 Å². The quantitative estimate of drug-likeness (QED) is 0.638. The van der Waals surface area contributed by atoms with Crippen molar-refractivity contribution < 1.29 is 13.3 Å². The average Bonchev–Trinajstić information content (AvgIpc) is 2.16. The number of non-ortho nitro benzene ring substituents is 1. The van der Waals surface area contributed by atoms with Crippen LogP contribution in [0, 0.1) is 10.1 Å². The highest BCUT2D eigenvalue weighted by Gasteiger charge is 2.18. The third kappa shape index (κ3) is 3.01. The van der Waals surface area contributed by atoms with E-state index < -0.39 is 14.9 Å². The molecule has 0 unspecified atom stereocenters. The topological polar surface area (TPSA) is 89.3 Å². The fourth-order valence-corrected chi connectivity index (χ4v) is 2.43. The van der Waals surface area contributed by atoms with Gasteiger partial charge in [0.05, 0.1) is 9.82 Å². The normalized spacial score (nSPS) is 11.7. The Bertz CT molecular complexity index is 496. The maximum absolute atomic E-state index is 11.7. The molecule has 0 spiro atoms. The van der Waals surface area contributed by atoms with Gasteiger partial charge in [-0.1, -0.05) is 6.07 Å². The number of sulfonamides is 1. The molecular weight excluding hydrogens is 232 g/mol. The summed E-state index contributed by atoms with van der Waals surface area (Å²) in [5, 5.41) is 10.5. The van der Waals surface area contributed by atoms with Gasteiger partial charge in [0, 0.05) is 18.2 Å². The molecule has 0 bridgehead atoms. The molecule has 0 aliphatic rings. The van der Waals surface area contributed by atoms with E-state index in [1.54, 1.807) is 13.8 Å². The third-order valence-corrected chi connectivity index (χ3v) is 3.39. The Morgan fingerprint density at radius 3 is 2.50 bits per heavy atom. The maximum Gasteiger partial charge on any atom is 0.270 e. The van der Waals surface area contributed by atoms with E-state index in [0.717, 1.165) is 6.07 Å². The Morgan fingerprint density at radius 2 is 2.00 bits per heavy atom. The van der Waals surface area contributed by atoms with Crippen LogP contribution in [0.4, 0.5) is 5.69 Å². The monoisotopic (exact) mass is 244 g/mol. The van der Waals surface area contributed by atoms with Crippen LogP contribution in [-0.4, -0.2) is 19.4 Å². The second-order valence-corrected chi connectivity index (χ2v) is 5.24. The molecule has 6 nitrogen and oxygen atoms in total. The van der Waals surface area contributed by atoms with Crippen molar-refractivity contribution in [1.29, 1.82) is 0 Å². The van der Waals surface area contributed by atoms with Gasteiger partial charge >= 0.3 is 0 Å². The highest BCUT2D eigenvalue weighted by Crippen LogP contribution is 2.17. The first kappa shape index (κ1) is 12.6. The molecule has 0 fully saturated rings. The van der Waals surface area contributed by atoms with E-state index in [0.29, 0.717) is 0 Å². The Hall–Kier alpha value is -1.47. The van der Waals surface area contributed by atoms with Crippen LogP contribution in [0.25, 0.3) is 0 Å². The van der Waals surface area contributed by atoms with Crippen molar-refractivity contribution in [3.8, 4) is 0 Å². The van der Waals surface area contributed by atoms with Crippen LogP contribution in [-0.2, 0) is 10.0 Å². The van der Waals surface area contributed by atoms with Crippen molar-refractivity contribution in [3.05, 3.63) is 34.4 Å². The van der Waals surface area contributed by atoms with Gasteiger partial charge in [-0.3, -0.25) is 10.1 Å². The van der Waals surface area contributed by atoms with Gasteiger partial charge in [0.25, 0.3) is 5.69 Å². The number of rotatable bonds is 4. The molecule has 16 heavy (non-hydrogen) atoms. The zero-order valence-electron chi connectivity index (χ0n) is 8.88. The van der Waals surface area contributed by atoms with Crippen LogP contribution in [0.5, 0.6) is 0 Å². The highest BCUT2D eigenvalue weighted by molar-refractivity contribution is 7.89. The van der Waals surface area contributed by atoms with Gasteiger partial charge in [0.2, 0.25) is 10.0 Å². The van der Waals surface area contributed by atoms with Crippen molar-refractivity contribution >= 4 is 15.7 Å². The van der Waals surface area contributed by atoms with Gasteiger partial charge in [0.15, 0.2) is 0 Å². The second kappa shape index (κ2) is 4.58. The zero-order chi connectivity index (χ0) is 12.3. The number of hydrogen-bond donors (Lipinski definition) is 1. The van der Waals surface area contributed by atoms with Gasteiger partial charge in [-0.05, 0) is 19.9 Å². The van der Waals surface area contributed by atoms with E-state index in [9.17, 15) is 18.5 Å². The molecule has 7 heteroatoms. The number of benzene rings is 1. The van der Waals surface area contributed by atoms with Crippen LogP contribution in [0.15, 0.2) is 29.2 Å². The molecular formula is C9H12N2O4S. The summed E-state index contributed by atoms with van der Waals surface area (Å²) >= 11 is 0. The zero-order valence-corrected chi connectivity index (χ0v) is 9.69. The molecule has 1 aromatic rings. The van der Waals surface area contributed by atoms with Crippen LogP contribution >= 0.6 is 0 Å². The first-order chi connectivity index (χ1) is 7.33. The molecule has 0 heterocycles.